The van der Waals surface area contributed by atoms with Crippen LogP contribution in [-0.4, -0.2) is 34.4 Å². The maximum Gasteiger partial charge on any atom is 0.227 e. The molecule has 0 saturated heterocycles. The quantitative estimate of drug-likeness (QED) is 0.734. The summed E-state index contributed by atoms with van der Waals surface area (Å²) in [6, 6.07) is 10.7. The first-order chi connectivity index (χ1) is 11.2. The van der Waals surface area contributed by atoms with Crippen molar-refractivity contribution in [1.82, 2.24) is 15.2 Å². The van der Waals surface area contributed by atoms with Gasteiger partial charge in [0.25, 0.3) is 0 Å². The molecule has 0 saturated carbocycles. The van der Waals surface area contributed by atoms with Crippen LogP contribution in [0.2, 0.25) is 0 Å². The largest absolute Gasteiger partial charge is 0.315 e. The van der Waals surface area contributed by atoms with E-state index in [0.29, 0.717) is 24.1 Å². The zero-order chi connectivity index (χ0) is 16.2. The summed E-state index contributed by atoms with van der Waals surface area (Å²) in [5.74, 6) is -0.0342. The second-order valence-corrected chi connectivity index (χ2v) is 5.24. The maximum absolute atomic E-state index is 12.4. The van der Waals surface area contributed by atoms with Gasteiger partial charge in [-0.3, -0.25) is 14.7 Å². The highest BCUT2D eigenvalue weighted by Crippen LogP contribution is 2.18. The molecule has 3 aromatic rings. The predicted molar refractivity (Wildman–Crippen MR) is 87.4 cm³/mol. The molecule has 0 bridgehead atoms. The number of rotatable bonds is 5. The van der Waals surface area contributed by atoms with Crippen LogP contribution in [-0.2, 0) is 11.2 Å². The van der Waals surface area contributed by atoms with E-state index in [1.54, 1.807) is 42.4 Å². The van der Waals surface area contributed by atoms with Gasteiger partial charge in [-0.1, -0.05) is 12.1 Å². The predicted octanol–water partition coefficient (Wildman–Crippen LogP) is 2.37. The number of carbonyl (C=O) groups excluding carboxylic acids is 2. The number of H-pyrrole nitrogens is 1. The summed E-state index contributed by atoms with van der Waals surface area (Å²) in [4.78, 5) is 28.9. The molecule has 116 valence electrons. The van der Waals surface area contributed by atoms with Gasteiger partial charge in [-0.25, -0.2) is 4.98 Å². The van der Waals surface area contributed by atoms with Gasteiger partial charge in [0.15, 0.2) is 5.65 Å². The van der Waals surface area contributed by atoms with E-state index in [4.69, 9.17) is 0 Å². The first kappa shape index (κ1) is 14.9. The molecular weight excluding hydrogens is 292 g/mol. The van der Waals surface area contributed by atoms with Crippen molar-refractivity contribution in [2.75, 3.05) is 11.9 Å². The van der Waals surface area contributed by atoms with Crippen molar-refractivity contribution < 1.29 is 9.59 Å². The topological polar surface area (TPSA) is 79.0 Å². The highest BCUT2D eigenvalue weighted by atomic mass is 16.2. The summed E-state index contributed by atoms with van der Waals surface area (Å²) in [5, 5.41) is 8.02. The van der Waals surface area contributed by atoms with Crippen LogP contribution in [0.5, 0.6) is 0 Å². The molecule has 0 atom stereocenters. The van der Waals surface area contributed by atoms with Crippen LogP contribution < -0.4 is 4.90 Å². The Kier molecular flexibility index (Phi) is 4.14. The molecule has 0 unspecified atom stereocenters. The number of carbonyl (C=O) groups is 2. The number of benzene rings is 1. The lowest BCUT2D eigenvalue weighted by molar-refractivity contribution is -0.118. The monoisotopic (exact) mass is 308 g/mol. The van der Waals surface area contributed by atoms with E-state index < -0.39 is 0 Å². The van der Waals surface area contributed by atoms with Gasteiger partial charge in [-0.05, 0) is 24.3 Å². The minimum atomic E-state index is -0.0342. The van der Waals surface area contributed by atoms with E-state index in [1.165, 1.54) is 0 Å². The lowest BCUT2D eigenvalue weighted by atomic mass is 10.1. The number of pyridine rings is 1. The molecule has 0 spiro atoms. The summed E-state index contributed by atoms with van der Waals surface area (Å²) in [6.07, 6.45) is 3.33. The van der Waals surface area contributed by atoms with Gasteiger partial charge in [-0.2, -0.15) is 5.10 Å². The van der Waals surface area contributed by atoms with E-state index in [0.717, 1.165) is 23.0 Å². The lowest BCUT2D eigenvalue weighted by Gasteiger charge is -2.17. The Balaban J connectivity index is 1.70. The zero-order valence-corrected chi connectivity index (χ0v) is 12.7. The van der Waals surface area contributed by atoms with Gasteiger partial charge in [0.2, 0.25) is 5.91 Å². The highest BCUT2D eigenvalue weighted by Gasteiger charge is 2.13. The van der Waals surface area contributed by atoms with E-state index in [-0.39, 0.29) is 5.91 Å². The van der Waals surface area contributed by atoms with Crippen molar-refractivity contribution in [2.24, 2.45) is 0 Å². The molecule has 3 rings (SSSR count). The number of aryl methyl sites for hydroxylation is 1. The van der Waals surface area contributed by atoms with Crippen molar-refractivity contribution in [1.29, 1.82) is 0 Å². The third-order valence-corrected chi connectivity index (χ3v) is 3.76. The Morgan fingerprint density at radius 2 is 2.17 bits per heavy atom. The summed E-state index contributed by atoms with van der Waals surface area (Å²) >= 11 is 0. The first-order valence-electron chi connectivity index (χ1n) is 7.29. The number of aromatic amines is 1. The minimum absolute atomic E-state index is 0.0342. The summed E-state index contributed by atoms with van der Waals surface area (Å²) in [6.45, 7) is 0. The van der Waals surface area contributed by atoms with E-state index >= 15 is 0 Å². The molecule has 2 heterocycles. The molecule has 1 aromatic carbocycles. The standard InChI is InChI=1S/C17H16N4O2/c1-21(13-5-2-4-12(10-13)11-22)16(23)8-7-15-14-6-3-9-18-17(14)20-19-15/h2-6,9-11H,7-8H2,1H3,(H,18,19,20). The van der Waals surface area contributed by atoms with Crippen LogP contribution in [0.15, 0.2) is 42.6 Å². The van der Waals surface area contributed by atoms with Crippen molar-refractivity contribution in [2.45, 2.75) is 12.8 Å². The van der Waals surface area contributed by atoms with Gasteiger partial charge in [-0.15, -0.1) is 0 Å². The highest BCUT2D eigenvalue weighted by molar-refractivity contribution is 5.94. The van der Waals surface area contributed by atoms with Gasteiger partial charge >= 0.3 is 0 Å². The number of amides is 1. The molecular formula is C17H16N4O2. The average molecular weight is 308 g/mol. The molecule has 0 aliphatic heterocycles. The third kappa shape index (κ3) is 3.11. The second kappa shape index (κ2) is 6.39. The molecule has 1 amide bonds. The summed E-state index contributed by atoms with van der Waals surface area (Å²) in [7, 11) is 1.70. The molecule has 2 aromatic heterocycles. The van der Waals surface area contributed by atoms with E-state index in [9.17, 15) is 9.59 Å². The van der Waals surface area contributed by atoms with Crippen LogP contribution in [0.3, 0.4) is 0 Å². The number of nitrogens with zero attached hydrogens (tertiary/aromatic N) is 3. The fourth-order valence-corrected chi connectivity index (χ4v) is 2.44. The molecule has 0 radical (unpaired) electrons. The van der Waals surface area contributed by atoms with Crippen molar-refractivity contribution in [3.05, 3.63) is 53.9 Å². The number of anilines is 1. The smallest absolute Gasteiger partial charge is 0.227 e. The number of hydrogen-bond acceptors (Lipinski definition) is 4. The van der Waals surface area contributed by atoms with Gasteiger partial charge in [0, 0.05) is 42.7 Å². The summed E-state index contributed by atoms with van der Waals surface area (Å²) < 4.78 is 0. The van der Waals surface area contributed by atoms with E-state index in [1.807, 2.05) is 12.1 Å². The fourth-order valence-electron chi connectivity index (χ4n) is 2.44. The summed E-state index contributed by atoms with van der Waals surface area (Å²) in [5.41, 5.74) is 2.80. The zero-order valence-electron chi connectivity index (χ0n) is 12.7. The fraction of sp³-hybridized carbons (Fsp3) is 0.176. The Hall–Kier alpha value is -3.02. The van der Waals surface area contributed by atoms with Crippen LogP contribution in [0.25, 0.3) is 11.0 Å². The van der Waals surface area contributed by atoms with E-state index in [2.05, 4.69) is 15.2 Å². The van der Waals surface area contributed by atoms with Gasteiger partial charge < -0.3 is 4.90 Å². The number of fused-ring (bicyclic) bond motifs is 1. The Morgan fingerprint density at radius 3 is 3.00 bits per heavy atom. The molecule has 0 aliphatic carbocycles. The van der Waals surface area contributed by atoms with Gasteiger partial charge in [0.1, 0.15) is 6.29 Å². The van der Waals surface area contributed by atoms with Crippen molar-refractivity contribution >= 4 is 28.9 Å². The average Bonchev–Trinajstić information content (AvgIpc) is 3.02. The minimum Gasteiger partial charge on any atom is -0.315 e. The Labute approximate surface area is 133 Å². The number of hydrogen-bond donors (Lipinski definition) is 1. The second-order valence-electron chi connectivity index (χ2n) is 5.24. The molecule has 0 fully saturated rings. The number of aromatic nitrogens is 3. The molecule has 23 heavy (non-hydrogen) atoms. The number of aldehydes is 1. The van der Waals surface area contributed by atoms with Gasteiger partial charge in [0.05, 0.1) is 5.69 Å². The maximum atomic E-state index is 12.4. The Bertz CT molecular complexity index is 856. The normalized spacial score (nSPS) is 10.7. The lowest BCUT2D eigenvalue weighted by Crippen LogP contribution is -2.26. The molecule has 6 heteroatoms. The van der Waals surface area contributed by atoms with Crippen molar-refractivity contribution in [3.8, 4) is 0 Å². The SMILES string of the molecule is CN(C(=O)CCc1n[nH]c2ncccc12)c1cccc(C=O)c1. The number of nitrogens with one attached hydrogen (secondary N) is 1. The van der Waals surface area contributed by atoms with Crippen LogP contribution in [0.1, 0.15) is 22.5 Å². The molecule has 1 N–H and O–H groups in total. The van der Waals surface area contributed by atoms with Crippen LogP contribution in [0, 0.1) is 0 Å². The molecule has 0 aliphatic rings. The van der Waals surface area contributed by atoms with Crippen LogP contribution in [0.4, 0.5) is 5.69 Å². The van der Waals surface area contributed by atoms with Crippen molar-refractivity contribution in [3.63, 3.8) is 0 Å². The van der Waals surface area contributed by atoms with Crippen LogP contribution >= 0.6 is 0 Å². The molecule has 6 nitrogen and oxygen atoms in total. The third-order valence-electron chi connectivity index (χ3n) is 3.76. The first-order valence-corrected chi connectivity index (χ1v) is 7.29. The Morgan fingerprint density at radius 1 is 1.30 bits per heavy atom.